The Bertz CT molecular complexity index is 551. The molecule has 2 aromatic rings. The molecule has 1 fully saturated rings. The van der Waals surface area contributed by atoms with Gasteiger partial charge in [0.25, 0.3) is 0 Å². The molecule has 0 bridgehead atoms. The van der Waals surface area contributed by atoms with E-state index in [-0.39, 0.29) is 6.10 Å². The van der Waals surface area contributed by atoms with E-state index in [9.17, 15) is 0 Å². The number of hydrogen-bond acceptors (Lipinski definition) is 5. The lowest BCUT2D eigenvalue weighted by molar-refractivity contribution is -0.0700. The minimum Gasteiger partial charge on any atom is -0.382 e. The number of benzene rings is 1. The predicted octanol–water partition coefficient (Wildman–Crippen LogP) is 2.57. The van der Waals surface area contributed by atoms with Crippen LogP contribution in [0.15, 0.2) is 24.3 Å². The van der Waals surface area contributed by atoms with Gasteiger partial charge in [0.1, 0.15) is 0 Å². The van der Waals surface area contributed by atoms with Crippen molar-refractivity contribution in [2.24, 2.45) is 0 Å². The van der Waals surface area contributed by atoms with Crippen LogP contribution in [-0.4, -0.2) is 55.4 Å². The maximum Gasteiger partial charge on any atom is 0.0954 e. The quantitative estimate of drug-likeness (QED) is 0.850. The van der Waals surface area contributed by atoms with Crippen LogP contribution in [0.3, 0.4) is 0 Å². The van der Waals surface area contributed by atoms with Gasteiger partial charge in [0.2, 0.25) is 0 Å². The summed E-state index contributed by atoms with van der Waals surface area (Å²) in [6, 6.07) is 8.83. The smallest absolute Gasteiger partial charge is 0.0954 e. The summed E-state index contributed by atoms with van der Waals surface area (Å²) >= 11 is 1.81. The zero-order valence-electron chi connectivity index (χ0n) is 12.6. The summed E-state index contributed by atoms with van der Waals surface area (Å²) in [5.41, 5.74) is 1.11. The van der Waals surface area contributed by atoms with Crippen molar-refractivity contribution in [2.45, 2.75) is 25.5 Å². The van der Waals surface area contributed by atoms with Crippen molar-refractivity contribution in [1.82, 2.24) is 9.88 Å². The number of ether oxygens (including phenoxy) is 2. The van der Waals surface area contributed by atoms with Gasteiger partial charge in [0.15, 0.2) is 0 Å². The molecule has 0 radical (unpaired) electrons. The summed E-state index contributed by atoms with van der Waals surface area (Å²) in [5.74, 6) is 0. The highest BCUT2D eigenvalue weighted by molar-refractivity contribution is 7.18. The van der Waals surface area contributed by atoms with Crippen molar-refractivity contribution in [3.8, 4) is 0 Å². The number of rotatable bonds is 5. The first-order chi connectivity index (χ1) is 10.3. The van der Waals surface area contributed by atoms with Gasteiger partial charge >= 0.3 is 0 Å². The van der Waals surface area contributed by atoms with E-state index >= 15 is 0 Å². The molecular formula is C16H22N2O2S. The average Bonchev–Trinajstić information content (AvgIpc) is 2.90. The number of fused-ring (bicyclic) bond motifs is 1. The number of nitrogens with zero attached hydrogens (tertiary/aromatic N) is 2. The van der Waals surface area contributed by atoms with Crippen LogP contribution in [0, 0.1) is 0 Å². The number of aromatic nitrogens is 1. The Balaban J connectivity index is 1.63. The van der Waals surface area contributed by atoms with Crippen LogP contribution < -0.4 is 0 Å². The third kappa shape index (κ3) is 3.61. The molecule has 5 heteroatoms. The summed E-state index contributed by atoms with van der Waals surface area (Å²) in [6.45, 7) is 5.68. The fourth-order valence-corrected chi connectivity index (χ4v) is 3.91. The highest BCUT2D eigenvalue weighted by Crippen LogP contribution is 2.23. The Morgan fingerprint density at radius 1 is 1.48 bits per heavy atom. The highest BCUT2D eigenvalue weighted by atomic mass is 32.1. The van der Waals surface area contributed by atoms with E-state index in [0.717, 1.165) is 31.6 Å². The molecule has 1 aromatic carbocycles. The zero-order valence-corrected chi connectivity index (χ0v) is 13.4. The molecule has 4 nitrogen and oxygen atoms in total. The SMILES string of the molecule is COC[C@H]1CN([C@H](C)Cc2nc3ccccc3s2)CCO1. The normalized spacial score (nSPS) is 21.7. The van der Waals surface area contributed by atoms with Gasteiger partial charge in [0.05, 0.1) is 34.5 Å². The number of morpholine rings is 1. The summed E-state index contributed by atoms with van der Waals surface area (Å²) in [6.07, 6.45) is 1.19. The Morgan fingerprint density at radius 2 is 2.33 bits per heavy atom. The molecule has 0 spiro atoms. The summed E-state index contributed by atoms with van der Waals surface area (Å²) in [5, 5.41) is 1.22. The van der Waals surface area contributed by atoms with Crippen molar-refractivity contribution in [2.75, 3.05) is 33.4 Å². The van der Waals surface area contributed by atoms with Gasteiger partial charge in [0, 0.05) is 32.7 Å². The fourth-order valence-electron chi connectivity index (χ4n) is 2.82. The molecule has 114 valence electrons. The largest absolute Gasteiger partial charge is 0.382 e. The number of methoxy groups -OCH3 is 1. The van der Waals surface area contributed by atoms with Crippen LogP contribution in [0.4, 0.5) is 0 Å². The Morgan fingerprint density at radius 3 is 3.14 bits per heavy atom. The molecule has 0 N–H and O–H groups in total. The Hall–Kier alpha value is -1.01. The molecule has 1 aliphatic heterocycles. The molecule has 2 heterocycles. The van der Waals surface area contributed by atoms with E-state index in [1.54, 1.807) is 18.4 Å². The van der Waals surface area contributed by atoms with Crippen LogP contribution >= 0.6 is 11.3 Å². The summed E-state index contributed by atoms with van der Waals surface area (Å²) < 4.78 is 12.2. The van der Waals surface area contributed by atoms with Crippen LogP contribution in [0.25, 0.3) is 10.2 Å². The van der Waals surface area contributed by atoms with Crippen LogP contribution in [-0.2, 0) is 15.9 Å². The minimum atomic E-state index is 0.196. The van der Waals surface area contributed by atoms with Crippen LogP contribution in [0.5, 0.6) is 0 Å². The first kappa shape index (κ1) is 14.9. The zero-order chi connectivity index (χ0) is 14.7. The fraction of sp³-hybridized carbons (Fsp3) is 0.562. The van der Waals surface area contributed by atoms with E-state index in [2.05, 4.69) is 30.0 Å². The highest BCUT2D eigenvalue weighted by Gasteiger charge is 2.24. The molecule has 21 heavy (non-hydrogen) atoms. The molecule has 0 amide bonds. The second-order valence-corrected chi connectivity index (χ2v) is 6.69. The first-order valence-electron chi connectivity index (χ1n) is 7.45. The van der Waals surface area contributed by atoms with Gasteiger partial charge in [-0.25, -0.2) is 4.98 Å². The van der Waals surface area contributed by atoms with E-state index < -0.39 is 0 Å². The maximum atomic E-state index is 5.72. The third-order valence-corrected chi connectivity index (χ3v) is 5.01. The van der Waals surface area contributed by atoms with Crippen molar-refractivity contribution in [3.63, 3.8) is 0 Å². The molecule has 0 aliphatic carbocycles. The molecule has 1 aliphatic rings. The van der Waals surface area contributed by atoms with Gasteiger partial charge in [-0.15, -0.1) is 11.3 Å². The molecule has 3 rings (SSSR count). The summed E-state index contributed by atoms with van der Waals surface area (Å²) in [4.78, 5) is 7.22. The van der Waals surface area contributed by atoms with Gasteiger partial charge in [-0.3, -0.25) is 4.90 Å². The van der Waals surface area contributed by atoms with Gasteiger partial charge in [-0.2, -0.15) is 0 Å². The van der Waals surface area contributed by atoms with Crippen LogP contribution in [0.1, 0.15) is 11.9 Å². The topological polar surface area (TPSA) is 34.6 Å². The van der Waals surface area contributed by atoms with Gasteiger partial charge in [-0.05, 0) is 19.1 Å². The van der Waals surface area contributed by atoms with E-state index in [4.69, 9.17) is 14.5 Å². The average molecular weight is 306 g/mol. The Labute approximate surface area is 129 Å². The van der Waals surface area contributed by atoms with Gasteiger partial charge in [-0.1, -0.05) is 12.1 Å². The predicted molar refractivity (Wildman–Crippen MR) is 86.0 cm³/mol. The van der Waals surface area contributed by atoms with E-state index in [1.807, 2.05) is 6.07 Å². The summed E-state index contributed by atoms with van der Waals surface area (Å²) in [7, 11) is 1.73. The number of thiazole rings is 1. The molecule has 2 atom stereocenters. The standard InChI is InChI=1S/C16H22N2O2S/c1-12(18-7-8-20-13(10-18)11-19-2)9-16-17-14-5-3-4-6-15(14)21-16/h3-6,12-13H,7-11H2,1-2H3/t12-,13-/m1/s1. The molecule has 1 aromatic heterocycles. The van der Waals surface area contributed by atoms with E-state index in [0.29, 0.717) is 12.6 Å². The number of hydrogen-bond donors (Lipinski definition) is 0. The van der Waals surface area contributed by atoms with Crippen molar-refractivity contribution in [1.29, 1.82) is 0 Å². The Kier molecular flexibility index (Phi) is 4.85. The molecule has 0 saturated carbocycles. The van der Waals surface area contributed by atoms with Crippen molar-refractivity contribution >= 4 is 21.6 Å². The molecule has 1 saturated heterocycles. The molecular weight excluding hydrogens is 284 g/mol. The lowest BCUT2D eigenvalue weighted by Crippen LogP contribution is -2.48. The monoisotopic (exact) mass is 306 g/mol. The van der Waals surface area contributed by atoms with Crippen molar-refractivity contribution in [3.05, 3.63) is 29.3 Å². The lowest BCUT2D eigenvalue weighted by Gasteiger charge is -2.36. The maximum absolute atomic E-state index is 5.72. The van der Waals surface area contributed by atoms with E-state index in [1.165, 1.54) is 9.71 Å². The third-order valence-electron chi connectivity index (χ3n) is 3.95. The van der Waals surface area contributed by atoms with Crippen LogP contribution in [0.2, 0.25) is 0 Å². The van der Waals surface area contributed by atoms with Gasteiger partial charge < -0.3 is 9.47 Å². The second-order valence-electron chi connectivity index (χ2n) is 5.57. The van der Waals surface area contributed by atoms with Crippen molar-refractivity contribution < 1.29 is 9.47 Å². The minimum absolute atomic E-state index is 0.196. The molecule has 0 unspecified atom stereocenters. The second kappa shape index (κ2) is 6.83. The lowest BCUT2D eigenvalue weighted by atomic mass is 10.1. The number of para-hydroxylation sites is 1. The first-order valence-corrected chi connectivity index (χ1v) is 8.27.